The highest BCUT2D eigenvalue weighted by Gasteiger charge is 2.12. The Bertz CT molecular complexity index is 780. The molecule has 0 aliphatic heterocycles. The number of carbonyl (C=O) groups is 2. The number of aryl methyl sites for hydroxylation is 2. The molecule has 26 heavy (non-hydrogen) atoms. The van der Waals surface area contributed by atoms with Gasteiger partial charge in [-0.2, -0.15) is 0 Å². The fraction of sp³-hybridized carbons (Fsp3) is 0.333. The van der Waals surface area contributed by atoms with E-state index in [9.17, 15) is 9.59 Å². The molecule has 0 heterocycles. The lowest BCUT2D eigenvalue weighted by Crippen LogP contribution is -2.18. The summed E-state index contributed by atoms with van der Waals surface area (Å²) < 4.78 is 15.9. The molecule has 2 aromatic rings. The summed E-state index contributed by atoms with van der Waals surface area (Å²) in [5, 5.41) is 0. The molecule has 2 rings (SSSR count). The zero-order valence-electron chi connectivity index (χ0n) is 15.6. The Labute approximate surface area is 153 Å². The first kappa shape index (κ1) is 19.5. The van der Waals surface area contributed by atoms with Gasteiger partial charge < -0.3 is 14.2 Å². The smallest absolute Gasteiger partial charge is 0.349 e. The van der Waals surface area contributed by atoms with Crippen LogP contribution in [0.15, 0.2) is 42.5 Å². The van der Waals surface area contributed by atoms with Crippen LogP contribution in [-0.2, 0) is 9.53 Å². The molecule has 0 amide bonds. The van der Waals surface area contributed by atoms with Gasteiger partial charge in [0, 0.05) is 0 Å². The number of hydrogen-bond donors (Lipinski definition) is 0. The lowest BCUT2D eigenvalue weighted by molar-refractivity contribution is -0.136. The Balaban J connectivity index is 1.91. The van der Waals surface area contributed by atoms with Crippen molar-refractivity contribution < 1.29 is 23.8 Å². The Hall–Kier alpha value is -2.82. The minimum atomic E-state index is -0.545. The van der Waals surface area contributed by atoms with E-state index in [2.05, 4.69) is 0 Å². The van der Waals surface area contributed by atoms with E-state index in [4.69, 9.17) is 14.2 Å². The van der Waals surface area contributed by atoms with Crippen molar-refractivity contribution in [3.63, 3.8) is 0 Å². The summed E-state index contributed by atoms with van der Waals surface area (Å²) in [6.45, 7) is 8.02. The Morgan fingerprint density at radius 3 is 2.42 bits per heavy atom. The normalized spacial score (nSPS) is 10.5. The van der Waals surface area contributed by atoms with Crippen LogP contribution in [0.5, 0.6) is 11.5 Å². The van der Waals surface area contributed by atoms with Gasteiger partial charge in [0.2, 0.25) is 0 Å². The molecule has 138 valence electrons. The molecule has 0 aliphatic carbocycles. The predicted octanol–water partition coefficient (Wildman–Crippen LogP) is 4.10. The Morgan fingerprint density at radius 2 is 1.73 bits per heavy atom. The van der Waals surface area contributed by atoms with Crippen molar-refractivity contribution in [1.29, 1.82) is 0 Å². The van der Waals surface area contributed by atoms with Crippen LogP contribution in [0.2, 0.25) is 0 Å². The average molecular weight is 356 g/mol. The number of carbonyl (C=O) groups excluding carboxylic acids is 2. The van der Waals surface area contributed by atoms with Crippen LogP contribution in [0.4, 0.5) is 0 Å². The molecule has 2 aromatic carbocycles. The fourth-order valence-corrected chi connectivity index (χ4v) is 2.12. The topological polar surface area (TPSA) is 61.8 Å². The molecule has 0 bridgehead atoms. The summed E-state index contributed by atoms with van der Waals surface area (Å²) in [7, 11) is 0. The summed E-state index contributed by atoms with van der Waals surface area (Å²) in [5.41, 5.74) is 2.58. The van der Waals surface area contributed by atoms with Gasteiger partial charge in [-0.15, -0.1) is 0 Å². The van der Waals surface area contributed by atoms with Gasteiger partial charge >= 0.3 is 11.9 Å². The molecule has 0 saturated heterocycles. The van der Waals surface area contributed by atoms with Crippen molar-refractivity contribution in [2.75, 3.05) is 13.2 Å². The highest BCUT2D eigenvalue weighted by Crippen LogP contribution is 2.17. The van der Waals surface area contributed by atoms with E-state index >= 15 is 0 Å². The van der Waals surface area contributed by atoms with E-state index in [-0.39, 0.29) is 18.3 Å². The van der Waals surface area contributed by atoms with Gasteiger partial charge in [-0.25, -0.2) is 9.59 Å². The maximum Gasteiger partial charge on any atom is 0.349 e. The van der Waals surface area contributed by atoms with Gasteiger partial charge in [-0.3, -0.25) is 0 Å². The van der Waals surface area contributed by atoms with Gasteiger partial charge in [0.05, 0.1) is 12.2 Å². The second kappa shape index (κ2) is 9.04. The van der Waals surface area contributed by atoms with Crippen molar-refractivity contribution in [2.24, 2.45) is 5.92 Å². The molecule has 0 saturated carbocycles. The summed E-state index contributed by atoms with van der Waals surface area (Å²) in [6, 6.07) is 11.9. The third-order valence-corrected chi connectivity index (χ3v) is 3.68. The number of esters is 2. The molecule has 0 spiro atoms. The van der Waals surface area contributed by atoms with Gasteiger partial charge in [0.25, 0.3) is 0 Å². The zero-order chi connectivity index (χ0) is 19.1. The van der Waals surface area contributed by atoms with E-state index in [1.807, 2.05) is 39.8 Å². The van der Waals surface area contributed by atoms with Gasteiger partial charge in [0.1, 0.15) is 11.5 Å². The van der Waals surface area contributed by atoms with Crippen LogP contribution in [0.1, 0.15) is 35.3 Å². The highest BCUT2D eigenvalue weighted by atomic mass is 16.6. The first-order valence-electron chi connectivity index (χ1n) is 8.53. The molecular weight excluding hydrogens is 332 g/mol. The van der Waals surface area contributed by atoms with Crippen LogP contribution >= 0.6 is 0 Å². The quantitative estimate of drug-likeness (QED) is 0.552. The average Bonchev–Trinajstić information content (AvgIpc) is 2.61. The lowest BCUT2D eigenvalue weighted by Gasteiger charge is -2.10. The maximum atomic E-state index is 12.0. The SMILES string of the molecule is Cc1ccc(OCC(=O)Oc2cccc(C(=O)OCC(C)C)c2)cc1C. The van der Waals surface area contributed by atoms with Gasteiger partial charge in [-0.1, -0.05) is 26.0 Å². The van der Waals surface area contributed by atoms with Crippen molar-refractivity contribution >= 4 is 11.9 Å². The van der Waals surface area contributed by atoms with Crippen molar-refractivity contribution in [2.45, 2.75) is 27.7 Å². The first-order valence-corrected chi connectivity index (χ1v) is 8.53. The molecule has 0 radical (unpaired) electrons. The number of benzene rings is 2. The molecule has 5 heteroatoms. The van der Waals surface area contributed by atoms with Crippen LogP contribution in [0, 0.1) is 19.8 Å². The molecule has 0 fully saturated rings. The second-order valence-electron chi connectivity index (χ2n) is 6.53. The summed E-state index contributed by atoms with van der Waals surface area (Å²) in [6.07, 6.45) is 0. The number of rotatable bonds is 7. The first-order chi connectivity index (χ1) is 12.3. The second-order valence-corrected chi connectivity index (χ2v) is 6.53. The molecular formula is C21H24O5. The standard InChI is InChI=1S/C21H24O5/c1-14(2)12-25-21(23)17-6-5-7-19(11-17)26-20(22)13-24-18-9-8-15(3)16(4)10-18/h5-11,14H,12-13H2,1-4H3. The predicted molar refractivity (Wildman–Crippen MR) is 98.6 cm³/mol. The van der Waals surface area contributed by atoms with Crippen LogP contribution in [-0.4, -0.2) is 25.2 Å². The van der Waals surface area contributed by atoms with Crippen molar-refractivity contribution in [3.05, 3.63) is 59.2 Å². The van der Waals surface area contributed by atoms with E-state index < -0.39 is 11.9 Å². The monoisotopic (exact) mass is 356 g/mol. The van der Waals surface area contributed by atoms with Crippen molar-refractivity contribution in [3.8, 4) is 11.5 Å². The van der Waals surface area contributed by atoms with E-state index in [0.29, 0.717) is 17.9 Å². The summed E-state index contributed by atoms with van der Waals surface area (Å²) in [4.78, 5) is 23.9. The Kier molecular flexibility index (Phi) is 6.78. The van der Waals surface area contributed by atoms with Crippen LogP contribution in [0.25, 0.3) is 0 Å². The molecule has 0 aliphatic rings. The van der Waals surface area contributed by atoms with E-state index in [0.717, 1.165) is 11.1 Å². The van der Waals surface area contributed by atoms with Crippen LogP contribution in [0.3, 0.4) is 0 Å². The largest absolute Gasteiger partial charge is 0.482 e. The molecule has 0 unspecified atom stereocenters. The van der Waals surface area contributed by atoms with Crippen molar-refractivity contribution in [1.82, 2.24) is 0 Å². The van der Waals surface area contributed by atoms with Gasteiger partial charge in [0.15, 0.2) is 6.61 Å². The maximum absolute atomic E-state index is 12.0. The third kappa shape index (κ3) is 5.92. The lowest BCUT2D eigenvalue weighted by atomic mass is 10.1. The number of ether oxygens (including phenoxy) is 3. The molecule has 0 N–H and O–H groups in total. The molecule has 0 atom stereocenters. The minimum absolute atomic E-state index is 0.218. The molecule has 5 nitrogen and oxygen atoms in total. The minimum Gasteiger partial charge on any atom is -0.482 e. The summed E-state index contributed by atoms with van der Waals surface area (Å²) >= 11 is 0. The van der Waals surface area contributed by atoms with Gasteiger partial charge in [-0.05, 0) is 61.2 Å². The molecule has 0 aromatic heterocycles. The summed E-state index contributed by atoms with van der Waals surface area (Å²) in [5.74, 6) is 0.148. The van der Waals surface area contributed by atoms with E-state index in [1.54, 1.807) is 24.3 Å². The Morgan fingerprint density at radius 1 is 0.962 bits per heavy atom. The highest BCUT2D eigenvalue weighted by molar-refractivity contribution is 5.90. The third-order valence-electron chi connectivity index (χ3n) is 3.68. The fourth-order valence-electron chi connectivity index (χ4n) is 2.12. The number of hydrogen-bond acceptors (Lipinski definition) is 5. The van der Waals surface area contributed by atoms with E-state index in [1.165, 1.54) is 6.07 Å². The van der Waals surface area contributed by atoms with Crippen LogP contribution < -0.4 is 9.47 Å². The zero-order valence-corrected chi connectivity index (χ0v) is 15.6.